The molecule has 432 valence electrons. The number of hydrogen-bond acceptors (Lipinski definition) is 6. The molecule has 76 heavy (non-hydrogen) atoms. The monoisotopic (exact) mass is 1050 g/mol. The SMILES string of the molecule is CC/C=C\C/C=C\C/C=C\C/C=C\C/C=C\C/C=C\C/C=C\C/C=C\CCCCC(=O)OCC(COC(=O)CCCCCCCCCCCCCC)OC(=O)CCCCCCCCCCC/C=C\C/C=C\CCCCC. The molecule has 0 aliphatic rings. The summed E-state index contributed by atoms with van der Waals surface area (Å²) in [4.78, 5) is 38.2. The number of hydrogen-bond donors (Lipinski definition) is 0. The average Bonchev–Trinajstić information content (AvgIpc) is 3.42. The third-order valence-electron chi connectivity index (χ3n) is 13.2. The quantitative estimate of drug-likeness (QED) is 0.0261. The lowest BCUT2D eigenvalue weighted by atomic mass is 10.0. The first kappa shape index (κ1) is 71.8. The molecule has 0 amide bonds. The number of allylic oxidation sites excluding steroid dienone is 20. The molecule has 1 unspecified atom stereocenters. The first-order chi connectivity index (χ1) is 37.5. The van der Waals surface area contributed by atoms with Gasteiger partial charge in [0.2, 0.25) is 0 Å². The Balaban J connectivity index is 4.42. The van der Waals surface area contributed by atoms with Gasteiger partial charge in [-0.2, -0.15) is 0 Å². The van der Waals surface area contributed by atoms with E-state index in [2.05, 4.69) is 142 Å². The lowest BCUT2D eigenvalue weighted by Gasteiger charge is -2.18. The molecule has 6 heteroatoms. The van der Waals surface area contributed by atoms with Gasteiger partial charge in [-0.15, -0.1) is 0 Å². The number of rotatable bonds is 56. The summed E-state index contributed by atoms with van der Waals surface area (Å²) in [6, 6.07) is 0. The molecule has 0 rings (SSSR count). The second-order valence-electron chi connectivity index (χ2n) is 20.6. The first-order valence-electron chi connectivity index (χ1n) is 31.5. The van der Waals surface area contributed by atoms with Crippen molar-refractivity contribution in [3.63, 3.8) is 0 Å². The molecule has 0 aromatic carbocycles. The van der Waals surface area contributed by atoms with Crippen LogP contribution in [0, 0.1) is 0 Å². The van der Waals surface area contributed by atoms with Crippen LogP contribution in [0.3, 0.4) is 0 Å². The molecule has 1 atom stereocenters. The van der Waals surface area contributed by atoms with E-state index in [9.17, 15) is 14.4 Å². The molecule has 0 aliphatic heterocycles. The van der Waals surface area contributed by atoms with Gasteiger partial charge in [0.05, 0.1) is 0 Å². The van der Waals surface area contributed by atoms with Crippen molar-refractivity contribution in [2.75, 3.05) is 13.2 Å². The summed E-state index contributed by atoms with van der Waals surface area (Å²) >= 11 is 0. The lowest BCUT2D eigenvalue weighted by Crippen LogP contribution is -2.30. The Kier molecular flexibility index (Phi) is 59.9. The first-order valence-corrected chi connectivity index (χ1v) is 31.5. The molecule has 0 bridgehead atoms. The van der Waals surface area contributed by atoms with E-state index >= 15 is 0 Å². The van der Waals surface area contributed by atoms with Crippen LogP contribution in [0.2, 0.25) is 0 Å². The highest BCUT2D eigenvalue weighted by Crippen LogP contribution is 2.15. The topological polar surface area (TPSA) is 78.9 Å². The van der Waals surface area contributed by atoms with Crippen molar-refractivity contribution in [3.05, 3.63) is 122 Å². The van der Waals surface area contributed by atoms with Crippen molar-refractivity contribution in [2.45, 2.75) is 290 Å². The summed E-state index contributed by atoms with van der Waals surface area (Å²) in [5, 5.41) is 0. The second-order valence-corrected chi connectivity index (χ2v) is 20.6. The standard InChI is InChI=1S/C70H116O6/c1-4-7-10-13-16-19-22-25-27-29-31-32-33-34-35-36-37-38-40-41-43-45-48-51-54-57-60-63-69(72)75-66-67(65-74-68(71)62-59-56-53-50-47-24-21-18-15-12-9-6-3)76-70(73)64-61-58-55-52-49-46-44-42-39-30-28-26-23-20-17-14-11-8-5-2/h7,10,16-17,19-20,25-28,31-32,34-35,37-38,41,43,48,51,67H,4-6,8-9,11-15,18,21-24,29-30,33,36,39-40,42,44-47,49-50,52-66H2,1-3H3/b10-7-,19-16-,20-17-,27-25-,28-26-,32-31-,35-34-,38-37-,43-41-,51-48-. The van der Waals surface area contributed by atoms with Crippen molar-refractivity contribution >= 4 is 17.9 Å². The van der Waals surface area contributed by atoms with Crippen molar-refractivity contribution in [3.8, 4) is 0 Å². The molecule has 0 saturated heterocycles. The van der Waals surface area contributed by atoms with E-state index in [1.54, 1.807) is 0 Å². The molecule has 0 fully saturated rings. The molecular weight excluding hydrogens is 937 g/mol. The van der Waals surface area contributed by atoms with Gasteiger partial charge in [-0.3, -0.25) is 14.4 Å². The fourth-order valence-corrected chi connectivity index (χ4v) is 8.49. The van der Waals surface area contributed by atoms with E-state index in [0.717, 1.165) is 116 Å². The van der Waals surface area contributed by atoms with Gasteiger partial charge in [-0.25, -0.2) is 0 Å². The highest BCUT2D eigenvalue weighted by Gasteiger charge is 2.19. The van der Waals surface area contributed by atoms with Crippen LogP contribution in [0.25, 0.3) is 0 Å². The normalized spacial score (nSPS) is 12.9. The van der Waals surface area contributed by atoms with Gasteiger partial charge in [-0.05, 0) is 116 Å². The summed E-state index contributed by atoms with van der Waals surface area (Å²) in [5.41, 5.74) is 0. The highest BCUT2D eigenvalue weighted by atomic mass is 16.6. The van der Waals surface area contributed by atoms with Crippen LogP contribution in [0.15, 0.2) is 122 Å². The maximum Gasteiger partial charge on any atom is 0.306 e. The summed E-state index contributed by atoms with van der Waals surface area (Å²) in [6.45, 7) is 6.47. The summed E-state index contributed by atoms with van der Waals surface area (Å²) < 4.78 is 16.9. The molecule has 0 spiro atoms. The van der Waals surface area contributed by atoms with E-state index in [1.165, 1.54) is 128 Å². The van der Waals surface area contributed by atoms with Crippen LogP contribution in [-0.2, 0) is 28.6 Å². The number of carbonyl (C=O) groups excluding carboxylic acids is 3. The van der Waals surface area contributed by atoms with Crippen LogP contribution < -0.4 is 0 Å². The Morgan fingerprint density at radius 3 is 0.855 bits per heavy atom. The molecule has 0 heterocycles. The minimum absolute atomic E-state index is 0.0937. The van der Waals surface area contributed by atoms with Crippen molar-refractivity contribution in [1.82, 2.24) is 0 Å². The van der Waals surface area contributed by atoms with Gasteiger partial charge >= 0.3 is 17.9 Å². The second kappa shape index (κ2) is 63.3. The molecule has 0 aromatic rings. The Morgan fingerprint density at radius 1 is 0.276 bits per heavy atom. The fraction of sp³-hybridized carbons (Fsp3) is 0.671. The van der Waals surface area contributed by atoms with E-state index in [4.69, 9.17) is 14.2 Å². The Hall–Kier alpha value is -4.19. The van der Waals surface area contributed by atoms with Crippen molar-refractivity contribution in [2.24, 2.45) is 0 Å². The molecule has 6 nitrogen and oxygen atoms in total. The van der Waals surface area contributed by atoms with Gasteiger partial charge in [0.25, 0.3) is 0 Å². The van der Waals surface area contributed by atoms with Crippen LogP contribution in [0.1, 0.15) is 284 Å². The van der Waals surface area contributed by atoms with Gasteiger partial charge < -0.3 is 14.2 Å². The highest BCUT2D eigenvalue weighted by molar-refractivity contribution is 5.71. The number of unbranched alkanes of at least 4 members (excludes halogenated alkanes) is 25. The molecule has 0 radical (unpaired) electrons. The van der Waals surface area contributed by atoms with E-state index in [0.29, 0.717) is 19.3 Å². The number of carbonyl (C=O) groups is 3. The smallest absolute Gasteiger partial charge is 0.306 e. The van der Waals surface area contributed by atoms with E-state index in [-0.39, 0.29) is 31.1 Å². The fourth-order valence-electron chi connectivity index (χ4n) is 8.49. The zero-order valence-corrected chi connectivity index (χ0v) is 49.5. The zero-order chi connectivity index (χ0) is 55.0. The molecule has 0 saturated carbocycles. The van der Waals surface area contributed by atoms with E-state index in [1.807, 2.05) is 0 Å². The minimum Gasteiger partial charge on any atom is -0.462 e. The zero-order valence-electron chi connectivity index (χ0n) is 49.5. The summed E-state index contributed by atoms with van der Waals surface area (Å²) in [5.74, 6) is -0.940. The van der Waals surface area contributed by atoms with Crippen molar-refractivity contribution < 1.29 is 28.6 Å². The molecule has 0 aliphatic carbocycles. The predicted molar refractivity (Wildman–Crippen MR) is 330 cm³/mol. The Morgan fingerprint density at radius 2 is 0.513 bits per heavy atom. The Labute approximate surface area is 469 Å². The van der Waals surface area contributed by atoms with Crippen molar-refractivity contribution in [1.29, 1.82) is 0 Å². The van der Waals surface area contributed by atoms with Gasteiger partial charge in [0, 0.05) is 19.3 Å². The third kappa shape index (κ3) is 60.7. The predicted octanol–water partition coefficient (Wildman–Crippen LogP) is 21.6. The lowest BCUT2D eigenvalue weighted by molar-refractivity contribution is -0.167. The van der Waals surface area contributed by atoms with Crippen LogP contribution >= 0.6 is 0 Å². The minimum atomic E-state index is -0.801. The number of ether oxygens (including phenoxy) is 3. The van der Waals surface area contributed by atoms with E-state index < -0.39 is 6.10 Å². The van der Waals surface area contributed by atoms with Crippen LogP contribution in [0.5, 0.6) is 0 Å². The van der Waals surface area contributed by atoms with Crippen LogP contribution in [-0.4, -0.2) is 37.2 Å². The van der Waals surface area contributed by atoms with Gasteiger partial charge in [-0.1, -0.05) is 271 Å². The third-order valence-corrected chi connectivity index (χ3v) is 13.2. The average molecular weight is 1050 g/mol. The molecule has 0 aromatic heterocycles. The van der Waals surface area contributed by atoms with Gasteiger partial charge in [0.1, 0.15) is 13.2 Å². The van der Waals surface area contributed by atoms with Crippen LogP contribution in [0.4, 0.5) is 0 Å². The maximum absolute atomic E-state index is 12.9. The molecule has 0 N–H and O–H groups in total. The summed E-state index contributed by atoms with van der Waals surface area (Å²) in [6.07, 6.45) is 87.7. The summed E-state index contributed by atoms with van der Waals surface area (Å²) in [7, 11) is 0. The van der Waals surface area contributed by atoms with Gasteiger partial charge in [0.15, 0.2) is 6.10 Å². The largest absolute Gasteiger partial charge is 0.462 e. The Bertz CT molecular complexity index is 1590. The maximum atomic E-state index is 12.9. The molecular formula is C70H116O6. The number of esters is 3.